The van der Waals surface area contributed by atoms with E-state index in [9.17, 15) is 0 Å². The molecule has 0 N–H and O–H groups in total. The highest BCUT2D eigenvalue weighted by molar-refractivity contribution is 7.78. The predicted molar refractivity (Wildman–Crippen MR) is 136 cm³/mol. The van der Waals surface area contributed by atoms with E-state index in [0.717, 1.165) is 17.4 Å². The Morgan fingerprint density at radius 2 is 1.84 bits per heavy atom. The van der Waals surface area contributed by atoms with Crippen molar-refractivity contribution in [3.8, 4) is 11.3 Å². The van der Waals surface area contributed by atoms with Gasteiger partial charge >= 0.3 is 0 Å². The molecule has 0 radical (unpaired) electrons. The van der Waals surface area contributed by atoms with Crippen LogP contribution in [0.2, 0.25) is 0 Å². The number of rotatable bonds is 4. The van der Waals surface area contributed by atoms with E-state index in [4.69, 9.17) is 9.97 Å². The molecular weight excluding hydrogens is 434 g/mol. The van der Waals surface area contributed by atoms with Crippen LogP contribution < -0.4 is 0 Å². The zero-order valence-corrected chi connectivity index (χ0v) is 20.6. The molecular formula is C25H33N5S2. The topological polar surface area (TPSA) is 37.2 Å². The van der Waals surface area contributed by atoms with Crippen LogP contribution in [0.15, 0.2) is 23.8 Å². The molecule has 1 saturated carbocycles. The molecule has 5 nitrogen and oxygen atoms in total. The number of hydrogen-bond donors (Lipinski definition) is 1. The van der Waals surface area contributed by atoms with Crippen molar-refractivity contribution in [3.05, 3.63) is 34.4 Å². The molecule has 5 heterocycles. The molecule has 1 atom stereocenters. The molecule has 0 amide bonds. The van der Waals surface area contributed by atoms with Gasteiger partial charge < -0.3 is 4.90 Å². The van der Waals surface area contributed by atoms with Gasteiger partial charge in [0.2, 0.25) is 0 Å². The molecule has 2 saturated heterocycles. The van der Waals surface area contributed by atoms with Gasteiger partial charge in [-0.1, -0.05) is 12.8 Å². The normalized spacial score (nSPS) is 27.6. The molecule has 1 unspecified atom stereocenters. The number of fused-ring (bicyclic) bond motifs is 1. The monoisotopic (exact) mass is 467 g/mol. The van der Waals surface area contributed by atoms with Crippen LogP contribution in [0.4, 0.5) is 0 Å². The summed E-state index contributed by atoms with van der Waals surface area (Å²) in [6.07, 6.45) is 14.6. The van der Waals surface area contributed by atoms with Crippen LogP contribution in [-0.2, 0) is 0 Å². The Labute approximate surface area is 200 Å². The first-order valence-corrected chi connectivity index (χ1v) is 13.6. The van der Waals surface area contributed by atoms with Crippen molar-refractivity contribution in [2.45, 2.75) is 69.4 Å². The van der Waals surface area contributed by atoms with Crippen molar-refractivity contribution in [3.63, 3.8) is 0 Å². The van der Waals surface area contributed by atoms with Gasteiger partial charge in [0.15, 0.2) is 0 Å². The first-order valence-electron chi connectivity index (χ1n) is 12.3. The Morgan fingerprint density at radius 1 is 1.03 bits per heavy atom. The highest BCUT2D eigenvalue weighted by atomic mass is 32.1. The lowest BCUT2D eigenvalue weighted by Gasteiger charge is -2.34. The highest BCUT2D eigenvalue weighted by Crippen LogP contribution is 2.40. The van der Waals surface area contributed by atoms with Gasteiger partial charge in [0.05, 0.1) is 11.7 Å². The van der Waals surface area contributed by atoms with E-state index in [0.29, 0.717) is 12.0 Å². The molecule has 0 spiro atoms. The smallest absolute Gasteiger partial charge is 0.150 e. The van der Waals surface area contributed by atoms with Crippen LogP contribution in [0.5, 0.6) is 0 Å². The van der Waals surface area contributed by atoms with E-state index in [2.05, 4.69) is 53.5 Å². The molecule has 0 bridgehead atoms. The van der Waals surface area contributed by atoms with Gasteiger partial charge in [0.25, 0.3) is 0 Å². The van der Waals surface area contributed by atoms with Crippen molar-refractivity contribution in [2.24, 2.45) is 0 Å². The highest BCUT2D eigenvalue weighted by Gasteiger charge is 2.29. The van der Waals surface area contributed by atoms with Crippen LogP contribution in [0.25, 0.3) is 22.3 Å². The lowest BCUT2D eigenvalue weighted by molar-refractivity contribution is 0.182. The maximum Gasteiger partial charge on any atom is 0.150 e. The van der Waals surface area contributed by atoms with Crippen molar-refractivity contribution >= 4 is 35.2 Å². The fraction of sp³-hybridized carbons (Fsp3) is 0.600. The molecule has 170 valence electrons. The SMILES string of the molecule is CN1CCCC1c1nc(-c2cn(S)c3ncc(C4CCC(N5CCCC5)CC4)cc23)cs1. The van der Waals surface area contributed by atoms with Crippen LogP contribution in [0.3, 0.4) is 0 Å². The van der Waals surface area contributed by atoms with Crippen LogP contribution >= 0.6 is 24.2 Å². The zero-order valence-electron chi connectivity index (χ0n) is 18.9. The summed E-state index contributed by atoms with van der Waals surface area (Å²) in [6.45, 7) is 3.80. The van der Waals surface area contributed by atoms with E-state index in [1.807, 2.05) is 3.97 Å². The van der Waals surface area contributed by atoms with Gasteiger partial charge in [-0.05, 0) is 95.6 Å². The predicted octanol–water partition coefficient (Wildman–Crippen LogP) is 5.74. The number of thiazole rings is 1. The van der Waals surface area contributed by atoms with Crippen molar-refractivity contribution in [1.29, 1.82) is 0 Å². The van der Waals surface area contributed by atoms with Crippen molar-refractivity contribution in [1.82, 2.24) is 23.7 Å². The summed E-state index contributed by atoms with van der Waals surface area (Å²) < 4.78 is 1.86. The summed E-state index contributed by atoms with van der Waals surface area (Å²) in [5.41, 5.74) is 4.56. The molecule has 3 fully saturated rings. The van der Waals surface area contributed by atoms with E-state index in [1.54, 1.807) is 11.3 Å². The largest absolute Gasteiger partial charge is 0.300 e. The molecule has 1 aliphatic carbocycles. The molecule has 3 aromatic heterocycles. The van der Waals surface area contributed by atoms with Gasteiger partial charge in [-0.15, -0.1) is 11.3 Å². The van der Waals surface area contributed by atoms with Crippen molar-refractivity contribution < 1.29 is 0 Å². The summed E-state index contributed by atoms with van der Waals surface area (Å²) >= 11 is 6.46. The third-order valence-electron chi connectivity index (χ3n) is 8.07. The van der Waals surface area contributed by atoms with Gasteiger partial charge in [-0.3, -0.25) is 8.87 Å². The fourth-order valence-electron chi connectivity index (χ4n) is 6.20. The molecule has 3 aromatic rings. The summed E-state index contributed by atoms with van der Waals surface area (Å²) in [7, 11) is 2.22. The minimum Gasteiger partial charge on any atom is -0.300 e. The Morgan fingerprint density at radius 3 is 2.59 bits per heavy atom. The van der Waals surface area contributed by atoms with Crippen LogP contribution in [0, 0.1) is 0 Å². The van der Waals surface area contributed by atoms with Gasteiger partial charge in [0, 0.05) is 34.8 Å². The average molecular weight is 468 g/mol. The molecule has 32 heavy (non-hydrogen) atoms. The number of pyridine rings is 1. The summed E-state index contributed by atoms with van der Waals surface area (Å²) in [5, 5.41) is 4.65. The molecule has 3 aliphatic rings. The Hall–Kier alpha value is -1.41. The second kappa shape index (κ2) is 8.75. The number of nitrogens with zero attached hydrogens (tertiary/aromatic N) is 5. The molecule has 7 heteroatoms. The minimum atomic E-state index is 0.470. The maximum atomic E-state index is 5.07. The van der Waals surface area contributed by atoms with Crippen LogP contribution in [0.1, 0.15) is 73.9 Å². The molecule has 0 aromatic carbocycles. The summed E-state index contributed by atoms with van der Waals surface area (Å²) in [5.74, 6) is 0.625. The van der Waals surface area contributed by atoms with E-state index in [-0.39, 0.29) is 0 Å². The zero-order chi connectivity index (χ0) is 21.7. The first-order chi connectivity index (χ1) is 15.7. The number of hydrogen-bond acceptors (Lipinski definition) is 6. The quantitative estimate of drug-likeness (QED) is 0.496. The van der Waals surface area contributed by atoms with E-state index in [1.165, 1.54) is 92.5 Å². The first kappa shape index (κ1) is 21.1. The van der Waals surface area contributed by atoms with Crippen molar-refractivity contribution in [2.75, 3.05) is 26.7 Å². The van der Waals surface area contributed by atoms with Gasteiger partial charge in [0.1, 0.15) is 10.7 Å². The van der Waals surface area contributed by atoms with E-state index >= 15 is 0 Å². The third kappa shape index (κ3) is 3.81. The van der Waals surface area contributed by atoms with Gasteiger partial charge in [-0.25, -0.2) is 9.97 Å². The second-order valence-electron chi connectivity index (χ2n) is 9.99. The van der Waals surface area contributed by atoms with Gasteiger partial charge in [-0.2, -0.15) is 0 Å². The number of thiol groups is 1. The summed E-state index contributed by atoms with van der Waals surface area (Å²) in [4.78, 5) is 15.1. The minimum absolute atomic E-state index is 0.470. The second-order valence-corrected chi connectivity index (χ2v) is 11.3. The van der Waals surface area contributed by atoms with Crippen LogP contribution in [-0.4, -0.2) is 56.5 Å². The Kier molecular flexibility index (Phi) is 5.78. The third-order valence-corrected chi connectivity index (χ3v) is 9.33. The Balaban J connectivity index is 1.26. The lowest BCUT2D eigenvalue weighted by Crippen LogP contribution is -2.35. The number of likely N-dealkylation sites (tertiary alicyclic amines) is 2. The molecule has 6 rings (SSSR count). The molecule has 2 aliphatic heterocycles. The fourth-order valence-corrected chi connectivity index (χ4v) is 7.50. The summed E-state index contributed by atoms with van der Waals surface area (Å²) in [6, 6.07) is 3.66. The standard InChI is InChI=1S/C25H33N5S2/c1-28-10-4-5-23(28)25-27-22(16-32-25)21-15-30(31)24-20(21)13-18(14-26-24)17-6-8-19(9-7-17)29-11-2-3-12-29/h13-17,19,23,31H,2-12H2,1H3. The average Bonchev–Trinajstić information content (AvgIpc) is 3.61. The number of aromatic nitrogens is 3. The maximum absolute atomic E-state index is 5.07. The van der Waals surface area contributed by atoms with E-state index < -0.39 is 0 Å². The Bertz CT molecular complexity index is 1090. The lowest BCUT2D eigenvalue weighted by atomic mass is 9.81.